The smallest absolute Gasteiger partial charge is 0.348 e. The van der Waals surface area contributed by atoms with Crippen molar-refractivity contribution >= 4 is 11.9 Å². The number of carbonyl (C=O) groups excluding carboxylic acids is 2. The molecule has 5 rings (SSSR count). The van der Waals surface area contributed by atoms with Crippen molar-refractivity contribution in [1.82, 2.24) is 0 Å². The Hall–Kier alpha value is -1.52. The summed E-state index contributed by atoms with van der Waals surface area (Å²) >= 11 is 0. The number of fused-ring (bicyclic) bond motifs is 2. The number of allylic oxidation sites excluding steroid dienone is 1. The lowest BCUT2D eigenvalue weighted by molar-refractivity contribution is -0.304. The third-order valence-corrected chi connectivity index (χ3v) is 10.1. The van der Waals surface area contributed by atoms with Gasteiger partial charge in [0.15, 0.2) is 0 Å². The predicted molar refractivity (Wildman–Crippen MR) is 117 cm³/mol. The van der Waals surface area contributed by atoms with E-state index in [4.69, 9.17) is 14.2 Å². The number of hydrogen-bond donors (Lipinski definition) is 4. The van der Waals surface area contributed by atoms with Crippen LogP contribution in [0.15, 0.2) is 11.6 Å². The lowest BCUT2D eigenvalue weighted by Gasteiger charge is -2.68. The molecule has 0 radical (unpaired) electrons. The van der Waals surface area contributed by atoms with Crippen molar-refractivity contribution in [3.8, 4) is 0 Å². The third-order valence-electron chi connectivity index (χ3n) is 10.1. The van der Waals surface area contributed by atoms with Crippen LogP contribution in [0.4, 0.5) is 0 Å². The standard InChI is InChI=1S/C25H36O9/c1-6-10(2)21(30)34-16-18-24(5)20(29)15(27)17-23(4)12(11(3)7-13(26)19(23)28)8-14(33-22(16)31)25(17,18)9-32-24/h7,10,12-20,26-29H,6,8-9H2,1-5H3/t10?,12-,13-,14+,15+,16+,17+,18-,19+,20+,23-,24-,25+/m0/s1. The summed E-state index contributed by atoms with van der Waals surface area (Å²) in [6.45, 7) is 8.95. The van der Waals surface area contributed by atoms with E-state index in [-0.39, 0.29) is 12.5 Å². The Morgan fingerprint density at radius 2 is 1.88 bits per heavy atom. The molecule has 5 aliphatic rings. The lowest BCUT2D eigenvalue weighted by Crippen LogP contribution is -2.79. The maximum Gasteiger partial charge on any atom is 0.348 e. The van der Waals surface area contributed by atoms with E-state index in [1.807, 2.05) is 20.8 Å². The molecule has 2 saturated heterocycles. The summed E-state index contributed by atoms with van der Waals surface area (Å²) in [4.78, 5) is 26.0. The van der Waals surface area contributed by atoms with Gasteiger partial charge in [-0.1, -0.05) is 32.4 Å². The molecule has 1 spiro atoms. The van der Waals surface area contributed by atoms with Crippen LogP contribution in [0.2, 0.25) is 0 Å². The van der Waals surface area contributed by atoms with Gasteiger partial charge in [-0.2, -0.15) is 0 Å². The minimum atomic E-state index is -1.40. The summed E-state index contributed by atoms with van der Waals surface area (Å²) in [5.74, 6) is -3.51. The van der Waals surface area contributed by atoms with Crippen LogP contribution in [0.1, 0.15) is 47.5 Å². The molecular formula is C25H36O9. The zero-order valence-corrected chi connectivity index (χ0v) is 20.3. The minimum absolute atomic E-state index is 0.0656. The zero-order valence-electron chi connectivity index (χ0n) is 20.3. The topological polar surface area (TPSA) is 143 Å². The van der Waals surface area contributed by atoms with Crippen LogP contribution in [0, 0.1) is 34.5 Å². The Morgan fingerprint density at radius 3 is 2.53 bits per heavy atom. The summed E-state index contributed by atoms with van der Waals surface area (Å²) in [5.41, 5.74) is -2.58. The van der Waals surface area contributed by atoms with Gasteiger partial charge < -0.3 is 34.6 Å². The minimum Gasteiger partial charge on any atom is -0.459 e. The van der Waals surface area contributed by atoms with Crippen molar-refractivity contribution in [3.63, 3.8) is 0 Å². The molecule has 4 N–H and O–H groups in total. The van der Waals surface area contributed by atoms with Crippen LogP contribution in [-0.4, -0.2) is 81.2 Å². The molecule has 9 nitrogen and oxygen atoms in total. The first-order valence-corrected chi connectivity index (χ1v) is 12.3. The number of ether oxygens (including phenoxy) is 3. The molecule has 13 atom stereocenters. The van der Waals surface area contributed by atoms with Crippen molar-refractivity contribution in [2.45, 2.75) is 89.7 Å². The Bertz CT molecular complexity index is 933. The first kappa shape index (κ1) is 24.2. The SMILES string of the molecule is CCC(C)C(=O)O[C@H]1C(=O)O[C@@H]2C[C@H]3C(C)=C[C@H](O)[C@@H](O)[C@]3(C)[C@H]3[C@@H](O)[C@@H](O)[C@@]4(C)OC[C@]32[C@@H]14. The first-order valence-electron chi connectivity index (χ1n) is 12.3. The van der Waals surface area contributed by atoms with Crippen molar-refractivity contribution in [1.29, 1.82) is 0 Å². The van der Waals surface area contributed by atoms with E-state index >= 15 is 0 Å². The Labute approximate surface area is 199 Å². The van der Waals surface area contributed by atoms with E-state index in [9.17, 15) is 30.0 Å². The fraction of sp³-hybridized carbons (Fsp3) is 0.840. The average molecular weight is 481 g/mol. The van der Waals surface area contributed by atoms with Crippen LogP contribution in [-0.2, 0) is 23.8 Å². The summed E-state index contributed by atoms with van der Waals surface area (Å²) in [6, 6.07) is 0. The molecule has 34 heavy (non-hydrogen) atoms. The highest BCUT2D eigenvalue weighted by molar-refractivity contribution is 5.82. The van der Waals surface area contributed by atoms with Crippen molar-refractivity contribution in [2.75, 3.05) is 6.61 Å². The van der Waals surface area contributed by atoms with Crippen molar-refractivity contribution in [3.05, 3.63) is 11.6 Å². The summed E-state index contributed by atoms with van der Waals surface area (Å²) in [6.07, 6.45) is -4.53. The first-order chi connectivity index (χ1) is 15.8. The highest BCUT2D eigenvalue weighted by Crippen LogP contribution is 2.72. The normalized spacial score (nSPS) is 54.3. The highest BCUT2D eigenvalue weighted by Gasteiger charge is 2.82. The highest BCUT2D eigenvalue weighted by atomic mass is 16.6. The van der Waals surface area contributed by atoms with E-state index in [0.717, 1.165) is 5.57 Å². The maximum atomic E-state index is 13.3. The number of esters is 2. The molecule has 2 saturated carbocycles. The fourth-order valence-corrected chi connectivity index (χ4v) is 8.25. The number of aliphatic hydroxyl groups excluding tert-OH is 4. The van der Waals surface area contributed by atoms with Gasteiger partial charge in [0.05, 0.1) is 36.8 Å². The van der Waals surface area contributed by atoms with Crippen molar-refractivity contribution in [2.24, 2.45) is 34.5 Å². The van der Waals surface area contributed by atoms with Gasteiger partial charge >= 0.3 is 11.9 Å². The fourth-order valence-electron chi connectivity index (χ4n) is 8.25. The number of carbonyl (C=O) groups is 2. The third kappa shape index (κ3) is 2.68. The molecule has 190 valence electrons. The molecule has 0 aromatic heterocycles. The van der Waals surface area contributed by atoms with E-state index in [0.29, 0.717) is 12.8 Å². The van der Waals surface area contributed by atoms with Crippen LogP contribution >= 0.6 is 0 Å². The van der Waals surface area contributed by atoms with Crippen LogP contribution < -0.4 is 0 Å². The zero-order chi connectivity index (χ0) is 25.0. The molecule has 0 amide bonds. The second-order valence-electron chi connectivity index (χ2n) is 11.6. The van der Waals surface area contributed by atoms with E-state index in [1.54, 1.807) is 19.9 Å². The van der Waals surface area contributed by atoms with Crippen LogP contribution in [0.25, 0.3) is 0 Å². The molecule has 3 aliphatic carbocycles. The van der Waals surface area contributed by atoms with Gasteiger partial charge in [-0.15, -0.1) is 0 Å². The average Bonchev–Trinajstić information content (AvgIpc) is 3.06. The maximum absolute atomic E-state index is 13.3. The molecular weight excluding hydrogens is 444 g/mol. The van der Waals surface area contributed by atoms with Gasteiger partial charge in [-0.05, 0) is 32.6 Å². The number of hydrogen-bond acceptors (Lipinski definition) is 9. The van der Waals surface area contributed by atoms with E-state index < -0.39 is 82.7 Å². The molecule has 4 fully saturated rings. The second-order valence-corrected chi connectivity index (χ2v) is 11.6. The Balaban J connectivity index is 1.68. The largest absolute Gasteiger partial charge is 0.459 e. The second kappa shape index (κ2) is 7.49. The summed E-state index contributed by atoms with van der Waals surface area (Å²) in [7, 11) is 0. The Morgan fingerprint density at radius 1 is 1.21 bits per heavy atom. The van der Waals surface area contributed by atoms with Gasteiger partial charge in [0.25, 0.3) is 0 Å². The quantitative estimate of drug-likeness (QED) is 0.332. The molecule has 2 heterocycles. The van der Waals surface area contributed by atoms with Gasteiger partial charge in [-0.25, -0.2) is 4.79 Å². The van der Waals surface area contributed by atoms with Crippen LogP contribution in [0.5, 0.6) is 0 Å². The van der Waals surface area contributed by atoms with E-state index in [1.165, 1.54) is 0 Å². The van der Waals surface area contributed by atoms with Crippen molar-refractivity contribution < 1.29 is 44.2 Å². The molecule has 0 aromatic rings. The van der Waals surface area contributed by atoms with E-state index in [2.05, 4.69) is 0 Å². The molecule has 9 heteroatoms. The van der Waals surface area contributed by atoms with Gasteiger partial charge in [0, 0.05) is 16.7 Å². The monoisotopic (exact) mass is 480 g/mol. The number of rotatable bonds is 3. The molecule has 1 unspecified atom stereocenters. The summed E-state index contributed by atoms with van der Waals surface area (Å²) < 4.78 is 17.9. The Kier molecular flexibility index (Phi) is 5.33. The number of aliphatic hydroxyl groups is 4. The molecule has 0 aromatic carbocycles. The van der Waals surface area contributed by atoms with Gasteiger partial charge in [-0.3, -0.25) is 4.79 Å². The predicted octanol–water partition coefficient (Wildman–Crippen LogP) is 0.321. The molecule has 2 aliphatic heterocycles. The summed E-state index contributed by atoms with van der Waals surface area (Å²) in [5, 5.41) is 44.8. The van der Waals surface area contributed by atoms with Gasteiger partial charge in [0.1, 0.15) is 17.8 Å². The molecule has 2 bridgehead atoms. The van der Waals surface area contributed by atoms with Gasteiger partial charge in [0.2, 0.25) is 6.10 Å². The van der Waals surface area contributed by atoms with Crippen LogP contribution in [0.3, 0.4) is 0 Å². The lowest BCUT2D eigenvalue weighted by atomic mass is 9.38.